The van der Waals surface area contributed by atoms with Crippen LogP contribution in [0.25, 0.3) is 11.1 Å². The molecule has 7 heteroatoms. The quantitative estimate of drug-likeness (QED) is 0.416. The van der Waals surface area contributed by atoms with E-state index in [1.54, 1.807) is 17.8 Å². The number of hydrogen-bond acceptors (Lipinski definition) is 6. The summed E-state index contributed by atoms with van der Waals surface area (Å²) in [6.07, 6.45) is 4.39. The Labute approximate surface area is 199 Å². The molecule has 0 saturated heterocycles. The van der Waals surface area contributed by atoms with Crippen LogP contribution in [0.1, 0.15) is 18.1 Å². The SMILES string of the molecule is C[C@@H](Cc1cccc(CN)c1)Nc1nccc(N(C)c2cc(-c3ccccc3)c(=O)n(C)c2)n1. The third-order valence-electron chi connectivity index (χ3n) is 5.77. The number of nitrogens with zero attached hydrogens (tertiary/aromatic N) is 4. The van der Waals surface area contributed by atoms with Gasteiger partial charge in [0.05, 0.1) is 5.69 Å². The first-order valence-electron chi connectivity index (χ1n) is 11.3. The fourth-order valence-corrected chi connectivity index (χ4v) is 3.95. The molecule has 0 bridgehead atoms. The van der Waals surface area contributed by atoms with Crippen molar-refractivity contribution in [2.24, 2.45) is 12.8 Å². The molecule has 0 unspecified atom stereocenters. The highest BCUT2D eigenvalue weighted by Crippen LogP contribution is 2.25. The van der Waals surface area contributed by atoms with Crippen molar-refractivity contribution in [2.45, 2.75) is 25.9 Å². The summed E-state index contributed by atoms with van der Waals surface area (Å²) in [5, 5.41) is 3.40. The molecule has 0 amide bonds. The number of pyridine rings is 1. The summed E-state index contributed by atoms with van der Waals surface area (Å²) < 4.78 is 1.60. The van der Waals surface area contributed by atoms with Crippen LogP contribution in [0.2, 0.25) is 0 Å². The molecule has 0 radical (unpaired) electrons. The Balaban J connectivity index is 1.54. The standard InChI is InChI=1S/C27H30N6O/c1-19(14-20-8-7-9-21(15-20)17-28)30-27-29-13-12-25(31-27)33(3)23-16-24(26(34)32(2)18-23)22-10-5-4-6-11-22/h4-13,15-16,18-19H,14,17,28H2,1-3H3,(H,29,30,31)/t19-/m0/s1. The molecule has 7 nitrogen and oxygen atoms in total. The lowest BCUT2D eigenvalue weighted by Gasteiger charge is -2.21. The number of nitrogens with two attached hydrogens (primary N) is 1. The Hall–Kier alpha value is -3.97. The van der Waals surface area contributed by atoms with Crippen LogP contribution in [-0.4, -0.2) is 27.6 Å². The van der Waals surface area contributed by atoms with Gasteiger partial charge in [0.25, 0.3) is 5.56 Å². The molecule has 0 fully saturated rings. The summed E-state index contributed by atoms with van der Waals surface area (Å²) in [6.45, 7) is 2.64. The second-order valence-electron chi connectivity index (χ2n) is 8.47. The average Bonchev–Trinajstić information content (AvgIpc) is 2.86. The minimum atomic E-state index is -0.0408. The molecule has 0 saturated carbocycles. The molecular formula is C27H30N6O. The van der Waals surface area contributed by atoms with Crippen molar-refractivity contribution < 1.29 is 0 Å². The van der Waals surface area contributed by atoms with Gasteiger partial charge in [-0.3, -0.25) is 4.79 Å². The molecular weight excluding hydrogens is 424 g/mol. The Morgan fingerprint density at radius 3 is 2.59 bits per heavy atom. The molecule has 2 aromatic carbocycles. The van der Waals surface area contributed by atoms with E-state index in [-0.39, 0.29) is 11.6 Å². The lowest BCUT2D eigenvalue weighted by Crippen LogP contribution is -2.22. The Morgan fingerprint density at radius 1 is 1.06 bits per heavy atom. The Kier molecular flexibility index (Phi) is 7.04. The molecule has 0 aliphatic carbocycles. The summed E-state index contributed by atoms with van der Waals surface area (Å²) in [4.78, 5) is 23.8. The number of nitrogens with one attached hydrogen (secondary N) is 1. The second-order valence-corrected chi connectivity index (χ2v) is 8.47. The van der Waals surface area contributed by atoms with E-state index in [9.17, 15) is 4.79 Å². The van der Waals surface area contributed by atoms with Crippen LogP contribution in [0.5, 0.6) is 0 Å². The van der Waals surface area contributed by atoms with E-state index in [1.165, 1.54) is 5.56 Å². The Morgan fingerprint density at radius 2 is 1.82 bits per heavy atom. The van der Waals surface area contributed by atoms with Gasteiger partial charge in [0.2, 0.25) is 5.95 Å². The first-order valence-corrected chi connectivity index (χ1v) is 11.3. The van der Waals surface area contributed by atoms with E-state index >= 15 is 0 Å². The fraction of sp³-hybridized carbons (Fsp3) is 0.222. The van der Waals surface area contributed by atoms with E-state index in [0.29, 0.717) is 18.1 Å². The fourth-order valence-electron chi connectivity index (χ4n) is 3.95. The molecule has 174 valence electrons. The van der Waals surface area contributed by atoms with Crippen molar-refractivity contribution in [1.82, 2.24) is 14.5 Å². The van der Waals surface area contributed by atoms with Gasteiger partial charge in [0, 0.05) is 44.6 Å². The van der Waals surface area contributed by atoms with Gasteiger partial charge >= 0.3 is 0 Å². The largest absolute Gasteiger partial charge is 0.351 e. The third-order valence-corrected chi connectivity index (χ3v) is 5.77. The van der Waals surface area contributed by atoms with Crippen molar-refractivity contribution in [3.05, 3.63) is 101 Å². The molecule has 4 aromatic rings. The first kappa shape index (κ1) is 23.2. The Bertz CT molecular complexity index is 1320. The van der Waals surface area contributed by atoms with Crippen LogP contribution in [0.3, 0.4) is 0 Å². The minimum absolute atomic E-state index is 0.0408. The number of hydrogen-bond donors (Lipinski definition) is 2. The lowest BCUT2D eigenvalue weighted by molar-refractivity contribution is 0.775. The number of aryl methyl sites for hydroxylation is 1. The van der Waals surface area contributed by atoms with Gasteiger partial charge in [-0.15, -0.1) is 0 Å². The maximum Gasteiger partial charge on any atom is 0.258 e. The van der Waals surface area contributed by atoms with Crippen LogP contribution in [0.4, 0.5) is 17.5 Å². The maximum absolute atomic E-state index is 12.7. The molecule has 4 rings (SSSR count). The summed E-state index contributed by atoms with van der Waals surface area (Å²) in [5.41, 5.74) is 10.5. The average molecular weight is 455 g/mol. The van der Waals surface area contributed by atoms with Gasteiger partial charge in [-0.1, -0.05) is 54.6 Å². The van der Waals surface area contributed by atoms with Gasteiger partial charge < -0.3 is 20.5 Å². The molecule has 34 heavy (non-hydrogen) atoms. The van der Waals surface area contributed by atoms with Crippen LogP contribution in [0, 0.1) is 0 Å². The predicted octanol–water partition coefficient (Wildman–Crippen LogP) is 4.11. The van der Waals surface area contributed by atoms with Crippen LogP contribution in [0.15, 0.2) is 83.9 Å². The normalized spacial score (nSPS) is 11.8. The summed E-state index contributed by atoms with van der Waals surface area (Å²) in [7, 11) is 3.70. The molecule has 0 spiro atoms. The van der Waals surface area contributed by atoms with E-state index < -0.39 is 0 Å². The first-order chi connectivity index (χ1) is 16.4. The molecule has 0 aliphatic rings. The minimum Gasteiger partial charge on any atom is -0.351 e. The highest BCUT2D eigenvalue weighted by Gasteiger charge is 2.13. The topological polar surface area (TPSA) is 89.1 Å². The van der Waals surface area contributed by atoms with E-state index in [4.69, 9.17) is 10.7 Å². The van der Waals surface area contributed by atoms with Crippen molar-refractivity contribution in [3.8, 4) is 11.1 Å². The van der Waals surface area contributed by atoms with Crippen LogP contribution >= 0.6 is 0 Å². The van der Waals surface area contributed by atoms with E-state index in [2.05, 4.69) is 29.4 Å². The van der Waals surface area contributed by atoms with E-state index in [0.717, 1.165) is 29.1 Å². The summed E-state index contributed by atoms with van der Waals surface area (Å²) >= 11 is 0. The highest BCUT2D eigenvalue weighted by molar-refractivity contribution is 5.70. The van der Waals surface area contributed by atoms with Crippen molar-refractivity contribution >= 4 is 17.5 Å². The summed E-state index contributed by atoms with van der Waals surface area (Å²) in [6, 6.07) is 21.9. The monoisotopic (exact) mass is 454 g/mol. The number of rotatable bonds is 8. The van der Waals surface area contributed by atoms with E-state index in [1.807, 2.05) is 72.7 Å². The van der Waals surface area contributed by atoms with Crippen molar-refractivity contribution in [3.63, 3.8) is 0 Å². The van der Waals surface area contributed by atoms with Gasteiger partial charge in [-0.05, 0) is 42.2 Å². The third kappa shape index (κ3) is 5.32. The van der Waals surface area contributed by atoms with Crippen molar-refractivity contribution in [2.75, 3.05) is 17.3 Å². The maximum atomic E-state index is 12.7. The van der Waals surface area contributed by atoms with Crippen molar-refractivity contribution in [1.29, 1.82) is 0 Å². The van der Waals surface area contributed by atoms with Crippen LogP contribution in [-0.2, 0) is 20.0 Å². The molecule has 2 aromatic heterocycles. The van der Waals surface area contributed by atoms with Gasteiger partial charge in [-0.2, -0.15) is 4.98 Å². The molecule has 0 aliphatic heterocycles. The van der Waals surface area contributed by atoms with Crippen LogP contribution < -0.4 is 21.5 Å². The van der Waals surface area contributed by atoms with Gasteiger partial charge in [0.15, 0.2) is 0 Å². The predicted molar refractivity (Wildman–Crippen MR) is 138 cm³/mol. The zero-order chi connectivity index (χ0) is 24.1. The zero-order valence-corrected chi connectivity index (χ0v) is 19.8. The van der Waals surface area contributed by atoms with Gasteiger partial charge in [-0.25, -0.2) is 4.98 Å². The second kappa shape index (κ2) is 10.3. The zero-order valence-electron chi connectivity index (χ0n) is 19.8. The molecule has 1 atom stereocenters. The molecule has 2 heterocycles. The molecule has 3 N–H and O–H groups in total. The highest BCUT2D eigenvalue weighted by atomic mass is 16.1. The smallest absolute Gasteiger partial charge is 0.258 e. The number of benzene rings is 2. The lowest BCUT2D eigenvalue weighted by atomic mass is 10.0. The van der Waals surface area contributed by atoms with Gasteiger partial charge in [0.1, 0.15) is 5.82 Å². The number of aromatic nitrogens is 3. The number of anilines is 3. The summed E-state index contributed by atoms with van der Waals surface area (Å²) in [5.74, 6) is 1.28.